The number of rotatable bonds is 7. The van der Waals surface area contributed by atoms with E-state index in [1.165, 1.54) is 7.11 Å². The highest BCUT2D eigenvalue weighted by Crippen LogP contribution is 2.32. The van der Waals surface area contributed by atoms with Crippen molar-refractivity contribution in [3.05, 3.63) is 58.6 Å². The summed E-state index contributed by atoms with van der Waals surface area (Å²) in [6.07, 6.45) is 0.883. The molecule has 2 heterocycles. The van der Waals surface area contributed by atoms with Crippen LogP contribution in [0.4, 0.5) is 5.69 Å². The molecule has 2 N–H and O–H groups in total. The maximum absolute atomic E-state index is 13.3. The number of ether oxygens (including phenoxy) is 3. The van der Waals surface area contributed by atoms with Crippen LogP contribution in [0.2, 0.25) is 5.02 Å². The van der Waals surface area contributed by atoms with Gasteiger partial charge in [-0.25, -0.2) is 0 Å². The van der Waals surface area contributed by atoms with Gasteiger partial charge in [0.15, 0.2) is 0 Å². The summed E-state index contributed by atoms with van der Waals surface area (Å²) in [6, 6.07) is 12.1. The second-order valence-electron chi connectivity index (χ2n) is 8.93. The van der Waals surface area contributed by atoms with E-state index in [2.05, 4.69) is 10.6 Å². The predicted octanol–water partition coefficient (Wildman–Crippen LogP) is 3.01. The van der Waals surface area contributed by atoms with Gasteiger partial charge in [-0.2, -0.15) is 0 Å². The first-order valence-corrected chi connectivity index (χ1v) is 12.2. The minimum absolute atomic E-state index is 0.0816. The molecule has 0 spiro atoms. The number of hydrogen-bond donors (Lipinski definition) is 2. The van der Waals surface area contributed by atoms with Gasteiger partial charge in [-0.15, -0.1) is 0 Å². The lowest BCUT2D eigenvalue weighted by molar-refractivity contribution is -0.134. The van der Waals surface area contributed by atoms with Crippen molar-refractivity contribution in [1.82, 2.24) is 10.2 Å². The summed E-state index contributed by atoms with van der Waals surface area (Å²) in [5, 5.41) is 6.22. The molecule has 0 aromatic heterocycles. The number of halogens is 1. The summed E-state index contributed by atoms with van der Waals surface area (Å²) in [4.78, 5) is 39.4. The first kappa shape index (κ1) is 25.9. The molecule has 0 unspecified atom stereocenters. The highest BCUT2D eigenvalue weighted by atomic mass is 35.5. The Labute approximate surface area is 215 Å². The largest absolute Gasteiger partial charge is 0.490 e. The van der Waals surface area contributed by atoms with E-state index < -0.39 is 0 Å². The highest BCUT2D eigenvalue weighted by Gasteiger charge is 2.39. The zero-order valence-electron chi connectivity index (χ0n) is 20.3. The molecule has 0 aliphatic carbocycles. The van der Waals surface area contributed by atoms with Crippen LogP contribution >= 0.6 is 11.6 Å². The van der Waals surface area contributed by atoms with Crippen LogP contribution < -0.4 is 15.4 Å². The summed E-state index contributed by atoms with van der Waals surface area (Å²) in [6.45, 7) is 0.506. The van der Waals surface area contributed by atoms with E-state index in [0.29, 0.717) is 41.4 Å². The number of fused-ring (bicyclic) bond motifs is 2. The Bertz CT molecular complexity index is 1130. The predicted molar refractivity (Wildman–Crippen MR) is 134 cm³/mol. The van der Waals surface area contributed by atoms with Crippen molar-refractivity contribution in [2.75, 3.05) is 32.7 Å². The average Bonchev–Trinajstić information content (AvgIpc) is 2.86. The molecule has 3 amide bonds. The van der Waals surface area contributed by atoms with Crippen LogP contribution in [0.15, 0.2) is 42.5 Å². The zero-order valence-corrected chi connectivity index (χ0v) is 21.0. The van der Waals surface area contributed by atoms with Gasteiger partial charge in [0.1, 0.15) is 25.1 Å². The number of anilines is 1. The van der Waals surface area contributed by atoms with E-state index in [1.807, 2.05) is 18.2 Å². The van der Waals surface area contributed by atoms with E-state index >= 15 is 0 Å². The van der Waals surface area contributed by atoms with Crippen LogP contribution in [0.5, 0.6) is 5.75 Å². The lowest BCUT2D eigenvalue weighted by atomic mass is 9.94. The SMILES string of the molecule is COCC(=O)Nc1ccc2c(c1)C(=O)N(C)[C@H]1CC[C@H](CC(=O)NCc3ccccc3Cl)O[C@@H]1CO2. The second-order valence-corrected chi connectivity index (χ2v) is 9.34. The smallest absolute Gasteiger partial charge is 0.257 e. The van der Waals surface area contributed by atoms with Gasteiger partial charge in [-0.3, -0.25) is 14.4 Å². The van der Waals surface area contributed by atoms with Crippen LogP contribution in [0.1, 0.15) is 35.2 Å². The van der Waals surface area contributed by atoms with Gasteiger partial charge >= 0.3 is 0 Å². The molecule has 2 aromatic rings. The van der Waals surface area contributed by atoms with Crippen molar-refractivity contribution in [2.24, 2.45) is 0 Å². The molecule has 3 atom stereocenters. The number of nitrogens with one attached hydrogen (secondary N) is 2. The number of likely N-dealkylation sites (N-methyl/N-ethyl adjacent to an activating group) is 1. The molecular formula is C26H30ClN3O6. The Morgan fingerprint density at radius 1 is 1.17 bits per heavy atom. The molecule has 9 nitrogen and oxygen atoms in total. The Balaban J connectivity index is 1.38. The van der Waals surface area contributed by atoms with E-state index in [4.69, 9.17) is 25.8 Å². The van der Waals surface area contributed by atoms with E-state index in [9.17, 15) is 14.4 Å². The first-order valence-electron chi connectivity index (χ1n) is 11.8. The van der Waals surface area contributed by atoms with Gasteiger partial charge in [-0.1, -0.05) is 29.8 Å². The number of benzene rings is 2. The highest BCUT2D eigenvalue weighted by molar-refractivity contribution is 6.31. The molecular weight excluding hydrogens is 486 g/mol. The minimum Gasteiger partial charge on any atom is -0.490 e. The zero-order chi connectivity index (χ0) is 25.7. The van der Waals surface area contributed by atoms with Crippen molar-refractivity contribution in [3.63, 3.8) is 0 Å². The number of carbonyl (C=O) groups excluding carboxylic acids is 3. The summed E-state index contributed by atoms with van der Waals surface area (Å²) in [5.41, 5.74) is 1.71. The quantitative estimate of drug-likeness (QED) is 0.587. The van der Waals surface area contributed by atoms with E-state index in [0.717, 1.165) is 5.56 Å². The molecule has 0 radical (unpaired) electrons. The number of methoxy groups -OCH3 is 1. The summed E-state index contributed by atoms with van der Waals surface area (Å²) in [5.74, 6) is -0.240. The molecule has 192 valence electrons. The molecule has 2 aliphatic heterocycles. The van der Waals surface area contributed by atoms with E-state index in [-0.39, 0.29) is 55.6 Å². The van der Waals surface area contributed by atoms with Crippen LogP contribution in [0.25, 0.3) is 0 Å². The van der Waals surface area contributed by atoms with Crippen molar-refractivity contribution in [1.29, 1.82) is 0 Å². The maximum Gasteiger partial charge on any atom is 0.257 e. The minimum atomic E-state index is -0.372. The number of nitrogens with zero attached hydrogens (tertiary/aromatic N) is 1. The summed E-state index contributed by atoms with van der Waals surface area (Å²) >= 11 is 6.16. The number of amides is 3. The lowest BCUT2D eigenvalue weighted by Gasteiger charge is -2.42. The standard InChI is InChI=1S/C26H30ClN3O6/c1-30-21-9-8-18(12-24(31)28-13-16-5-3-4-6-20(16)27)36-23(21)14-35-22-10-7-17(11-19(22)26(30)33)29-25(32)15-34-2/h3-7,10-11,18,21,23H,8-9,12-15H2,1-2H3,(H,28,31)(H,29,32)/t18-,21+,23-/m1/s1. The van der Waals surface area contributed by atoms with Crippen LogP contribution in [-0.2, 0) is 25.6 Å². The molecule has 4 rings (SSSR count). The third-order valence-electron chi connectivity index (χ3n) is 6.42. The Kier molecular flexibility index (Phi) is 8.45. The Hall–Kier alpha value is -3.14. The second kappa shape index (κ2) is 11.7. The fourth-order valence-corrected chi connectivity index (χ4v) is 4.75. The molecule has 0 saturated carbocycles. The fraction of sp³-hybridized carbons (Fsp3) is 0.423. The molecule has 36 heavy (non-hydrogen) atoms. The topological polar surface area (TPSA) is 106 Å². The fourth-order valence-electron chi connectivity index (χ4n) is 4.55. The molecule has 10 heteroatoms. The maximum atomic E-state index is 13.3. The van der Waals surface area contributed by atoms with Gasteiger partial charge in [0.05, 0.1) is 24.1 Å². The lowest BCUT2D eigenvalue weighted by Crippen LogP contribution is -2.53. The molecule has 1 fully saturated rings. The van der Waals surface area contributed by atoms with Crippen LogP contribution in [-0.4, -0.2) is 68.2 Å². The average molecular weight is 516 g/mol. The van der Waals surface area contributed by atoms with Gasteiger partial charge < -0.3 is 29.7 Å². The van der Waals surface area contributed by atoms with Crippen molar-refractivity contribution in [3.8, 4) is 5.75 Å². The number of carbonyl (C=O) groups is 3. The summed E-state index contributed by atoms with van der Waals surface area (Å²) < 4.78 is 17.0. The summed E-state index contributed by atoms with van der Waals surface area (Å²) in [7, 11) is 3.18. The monoisotopic (exact) mass is 515 g/mol. The van der Waals surface area contributed by atoms with Gasteiger partial charge in [0.25, 0.3) is 5.91 Å². The molecule has 1 saturated heterocycles. The molecule has 2 aromatic carbocycles. The molecule has 2 aliphatic rings. The van der Waals surface area contributed by atoms with Crippen LogP contribution in [0, 0.1) is 0 Å². The Morgan fingerprint density at radius 3 is 2.75 bits per heavy atom. The van der Waals surface area contributed by atoms with Crippen molar-refractivity contribution in [2.45, 2.75) is 44.1 Å². The van der Waals surface area contributed by atoms with Gasteiger partial charge in [-0.05, 0) is 42.7 Å². The third-order valence-corrected chi connectivity index (χ3v) is 6.79. The van der Waals surface area contributed by atoms with Crippen molar-refractivity contribution < 1.29 is 28.6 Å². The van der Waals surface area contributed by atoms with Gasteiger partial charge in [0.2, 0.25) is 11.8 Å². The Morgan fingerprint density at radius 2 is 1.97 bits per heavy atom. The van der Waals surface area contributed by atoms with Crippen molar-refractivity contribution >= 4 is 35.0 Å². The molecule has 0 bridgehead atoms. The normalized spacial score (nSPS) is 21.4. The number of hydrogen-bond acceptors (Lipinski definition) is 6. The van der Waals surface area contributed by atoms with Gasteiger partial charge in [0, 0.05) is 31.4 Å². The van der Waals surface area contributed by atoms with E-state index in [1.54, 1.807) is 36.2 Å². The first-order chi connectivity index (χ1) is 17.4. The third kappa shape index (κ3) is 6.16. The van der Waals surface area contributed by atoms with Crippen LogP contribution in [0.3, 0.4) is 0 Å².